The van der Waals surface area contributed by atoms with Gasteiger partial charge in [-0.3, -0.25) is 0 Å². The molecule has 0 spiro atoms. The predicted molar refractivity (Wildman–Crippen MR) is 87.3 cm³/mol. The topological polar surface area (TPSA) is 37.4 Å². The molecular weight excluding hydrogens is 306 g/mol. The average Bonchev–Trinajstić information content (AvgIpc) is 2.73. The van der Waals surface area contributed by atoms with Gasteiger partial charge in [-0.25, -0.2) is 8.42 Å². The lowest BCUT2D eigenvalue weighted by Crippen LogP contribution is -2.41. The van der Waals surface area contributed by atoms with Gasteiger partial charge in [0.25, 0.3) is 0 Å². The first-order valence-electron chi connectivity index (χ1n) is 7.76. The van der Waals surface area contributed by atoms with Crippen LogP contribution in [0.3, 0.4) is 0 Å². The van der Waals surface area contributed by atoms with E-state index in [1.54, 1.807) is 16.4 Å². The van der Waals surface area contributed by atoms with E-state index in [4.69, 9.17) is 11.6 Å². The molecule has 0 radical (unpaired) electrons. The van der Waals surface area contributed by atoms with Gasteiger partial charge in [0.15, 0.2) is 0 Å². The molecule has 1 fully saturated rings. The fourth-order valence-electron chi connectivity index (χ4n) is 2.87. The fourth-order valence-corrected chi connectivity index (χ4v) is 4.97. The lowest BCUT2D eigenvalue weighted by Gasteiger charge is -2.27. The van der Waals surface area contributed by atoms with Crippen molar-refractivity contribution in [3.8, 4) is 0 Å². The van der Waals surface area contributed by atoms with Gasteiger partial charge in [-0.1, -0.05) is 38.3 Å². The maximum Gasteiger partial charge on any atom is 0.243 e. The monoisotopic (exact) mass is 329 g/mol. The molecule has 0 aliphatic carbocycles. The van der Waals surface area contributed by atoms with Gasteiger partial charge in [0.2, 0.25) is 10.0 Å². The molecule has 0 amide bonds. The normalized spacial score (nSPS) is 21.1. The average molecular weight is 330 g/mol. The number of rotatable bonds is 5. The summed E-state index contributed by atoms with van der Waals surface area (Å²) in [4.78, 5) is 0.388. The van der Waals surface area contributed by atoms with E-state index < -0.39 is 10.0 Å². The Morgan fingerprint density at radius 3 is 2.52 bits per heavy atom. The van der Waals surface area contributed by atoms with Crippen molar-refractivity contribution < 1.29 is 8.42 Å². The number of hydrogen-bond donors (Lipinski definition) is 0. The summed E-state index contributed by atoms with van der Waals surface area (Å²) < 4.78 is 27.3. The molecule has 0 aromatic heterocycles. The first-order valence-corrected chi connectivity index (χ1v) is 9.73. The van der Waals surface area contributed by atoms with E-state index in [1.807, 2.05) is 12.1 Å². The Kier molecular flexibility index (Phi) is 6.08. The van der Waals surface area contributed by atoms with Gasteiger partial charge in [0, 0.05) is 18.5 Å². The second-order valence-electron chi connectivity index (χ2n) is 5.67. The lowest BCUT2D eigenvalue weighted by atomic mass is 10.1. The molecule has 5 heteroatoms. The zero-order chi connectivity index (χ0) is 15.3. The smallest absolute Gasteiger partial charge is 0.207 e. The van der Waals surface area contributed by atoms with Crippen LogP contribution < -0.4 is 0 Å². The Labute approximate surface area is 133 Å². The molecule has 1 aromatic carbocycles. The van der Waals surface area contributed by atoms with Crippen LogP contribution in [0, 0.1) is 0 Å². The summed E-state index contributed by atoms with van der Waals surface area (Å²) in [7, 11) is -3.43. The minimum Gasteiger partial charge on any atom is -0.207 e. The van der Waals surface area contributed by atoms with Crippen LogP contribution in [-0.4, -0.2) is 31.2 Å². The van der Waals surface area contributed by atoms with Gasteiger partial charge < -0.3 is 0 Å². The minimum atomic E-state index is -3.43. The van der Waals surface area contributed by atoms with Crippen LogP contribution in [0.25, 0.3) is 0 Å². The molecule has 1 aliphatic heterocycles. The van der Waals surface area contributed by atoms with Crippen LogP contribution in [-0.2, 0) is 16.4 Å². The third-order valence-electron chi connectivity index (χ3n) is 4.07. The molecule has 0 saturated carbocycles. The number of alkyl halides is 1. The Bertz CT molecular complexity index is 542. The van der Waals surface area contributed by atoms with Gasteiger partial charge in [-0.15, -0.1) is 11.6 Å². The van der Waals surface area contributed by atoms with E-state index in [0.29, 0.717) is 17.3 Å². The number of hydrogen-bond acceptors (Lipinski definition) is 2. The van der Waals surface area contributed by atoms with E-state index in [9.17, 15) is 8.42 Å². The number of nitrogens with zero attached hydrogens (tertiary/aromatic N) is 1. The molecule has 0 N–H and O–H groups in total. The molecule has 2 rings (SSSR count). The van der Waals surface area contributed by atoms with Crippen molar-refractivity contribution in [3.05, 3.63) is 29.8 Å². The maximum absolute atomic E-state index is 12.8. The number of aryl methyl sites for hydroxylation is 1. The van der Waals surface area contributed by atoms with Gasteiger partial charge in [0.1, 0.15) is 0 Å². The highest BCUT2D eigenvalue weighted by Gasteiger charge is 2.31. The molecule has 1 saturated heterocycles. The van der Waals surface area contributed by atoms with Crippen LogP contribution in [0.4, 0.5) is 0 Å². The highest BCUT2D eigenvalue weighted by Crippen LogP contribution is 2.25. The van der Waals surface area contributed by atoms with Crippen molar-refractivity contribution in [2.75, 3.05) is 12.4 Å². The second-order valence-corrected chi connectivity index (χ2v) is 7.87. The maximum atomic E-state index is 12.8. The van der Waals surface area contributed by atoms with Crippen LogP contribution >= 0.6 is 11.6 Å². The molecule has 1 atom stereocenters. The number of sulfonamides is 1. The molecule has 1 unspecified atom stereocenters. The summed E-state index contributed by atoms with van der Waals surface area (Å²) in [5.74, 6) is 0.368. The molecule has 1 heterocycles. The Morgan fingerprint density at radius 1 is 1.19 bits per heavy atom. The Hall–Kier alpha value is -0.580. The molecule has 3 nitrogen and oxygen atoms in total. The third kappa shape index (κ3) is 3.99. The second kappa shape index (κ2) is 7.61. The molecule has 21 heavy (non-hydrogen) atoms. The van der Waals surface area contributed by atoms with Crippen molar-refractivity contribution in [1.82, 2.24) is 4.31 Å². The summed E-state index contributed by atoms with van der Waals surface area (Å²) in [6.07, 6.45) is 5.95. The summed E-state index contributed by atoms with van der Waals surface area (Å²) in [6.45, 7) is 2.70. The molecule has 1 aromatic rings. The zero-order valence-electron chi connectivity index (χ0n) is 12.6. The van der Waals surface area contributed by atoms with E-state index in [1.165, 1.54) is 5.56 Å². The van der Waals surface area contributed by atoms with Crippen LogP contribution in [0.15, 0.2) is 29.2 Å². The Balaban J connectivity index is 2.26. The third-order valence-corrected chi connectivity index (χ3v) is 6.39. The lowest BCUT2D eigenvalue weighted by molar-refractivity contribution is 0.345. The highest BCUT2D eigenvalue weighted by atomic mass is 35.5. The standard InChI is InChI=1S/C16H24ClNO2S/c1-2-6-14-8-10-16(11-9-14)21(19,20)18-12-5-3-4-7-15(18)13-17/h8-11,15H,2-7,12-13H2,1H3. The minimum absolute atomic E-state index is 0.0746. The summed E-state index contributed by atoms with van der Waals surface area (Å²) >= 11 is 6.00. The highest BCUT2D eigenvalue weighted by molar-refractivity contribution is 7.89. The summed E-state index contributed by atoms with van der Waals surface area (Å²) in [5, 5.41) is 0. The van der Waals surface area contributed by atoms with Crippen LogP contribution in [0.2, 0.25) is 0 Å². The van der Waals surface area contributed by atoms with Crippen LogP contribution in [0.5, 0.6) is 0 Å². The summed E-state index contributed by atoms with van der Waals surface area (Å²) in [6, 6.07) is 7.23. The fraction of sp³-hybridized carbons (Fsp3) is 0.625. The Morgan fingerprint density at radius 2 is 1.90 bits per heavy atom. The van der Waals surface area contributed by atoms with E-state index in [-0.39, 0.29) is 6.04 Å². The molecular formula is C16H24ClNO2S. The number of benzene rings is 1. The van der Waals surface area contributed by atoms with Crippen molar-refractivity contribution in [3.63, 3.8) is 0 Å². The van der Waals surface area contributed by atoms with E-state index >= 15 is 0 Å². The van der Waals surface area contributed by atoms with Gasteiger partial charge in [0.05, 0.1) is 4.90 Å². The van der Waals surface area contributed by atoms with Crippen molar-refractivity contribution in [2.24, 2.45) is 0 Å². The van der Waals surface area contributed by atoms with E-state index in [2.05, 4.69) is 6.92 Å². The first-order chi connectivity index (χ1) is 10.1. The zero-order valence-corrected chi connectivity index (χ0v) is 14.2. The predicted octanol–water partition coefficient (Wildman–Crippen LogP) is 3.81. The van der Waals surface area contributed by atoms with Crippen molar-refractivity contribution in [1.29, 1.82) is 0 Å². The van der Waals surface area contributed by atoms with Gasteiger partial charge in [-0.2, -0.15) is 4.31 Å². The van der Waals surface area contributed by atoms with Gasteiger partial charge in [-0.05, 0) is 37.0 Å². The van der Waals surface area contributed by atoms with Gasteiger partial charge >= 0.3 is 0 Å². The first kappa shape index (κ1) is 16.8. The van der Waals surface area contributed by atoms with Crippen molar-refractivity contribution in [2.45, 2.75) is 56.4 Å². The van der Waals surface area contributed by atoms with Crippen LogP contribution in [0.1, 0.15) is 44.6 Å². The SMILES string of the molecule is CCCc1ccc(S(=O)(=O)N2CCCCCC2CCl)cc1. The largest absolute Gasteiger partial charge is 0.243 e. The summed E-state index contributed by atoms with van der Waals surface area (Å²) in [5.41, 5.74) is 1.18. The quantitative estimate of drug-likeness (QED) is 0.770. The molecule has 118 valence electrons. The van der Waals surface area contributed by atoms with E-state index in [0.717, 1.165) is 38.5 Å². The molecule has 0 bridgehead atoms. The number of halogens is 1. The van der Waals surface area contributed by atoms with Crippen molar-refractivity contribution >= 4 is 21.6 Å². The molecule has 1 aliphatic rings.